The molecule has 0 heterocycles. The first-order chi connectivity index (χ1) is 43.6. The molecule has 1 N–H and O–H groups in total. The van der Waals surface area contributed by atoms with E-state index in [0.717, 1.165) is 44.9 Å². The molecule has 0 aromatic heterocycles. The number of aliphatic hydroxyl groups is 1. The van der Waals surface area contributed by atoms with Crippen LogP contribution in [0.3, 0.4) is 0 Å². The smallest absolute Gasteiger partial charge is 0.306 e. The Morgan fingerprint density at radius 2 is 0.455 bits per heavy atom. The van der Waals surface area contributed by atoms with E-state index in [1.165, 1.54) is 392 Å². The number of aliphatic hydroxyl groups excluding tert-OH is 1. The lowest BCUT2D eigenvalue weighted by Crippen LogP contribution is -2.28. The maximum absolute atomic E-state index is 12.4. The summed E-state index contributed by atoms with van der Waals surface area (Å²) in [6.07, 6.45) is 107. The van der Waals surface area contributed by atoms with Gasteiger partial charge in [-0.1, -0.05) is 436 Å². The van der Waals surface area contributed by atoms with Crippen molar-refractivity contribution < 1.29 is 24.2 Å². The third-order valence-electron chi connectivity index (χ3n) is 18.9. The van der Waals surface area contributed by atoms with Gasteiger partial charge in [0.25, 0.3) is 0 Å². The van der Waals surface area contributed by atoms with Gasteiger partial charge in [-0.05, 0) is 51.4 Å². The summed E-state index contributed by atoms with van der Waals surface area (Å²) in [5.41, 5.74) is 0. The predicted octanol–water partition coefficient (Wildman–Crippen LogP) is 28.4. The molecule has 0 bridgehead atoms. The monoisotopic (exact) mass is 1240 g/mol. The zero-order valence-electron chi connectivity index (χ0n) is 60.0. The molecule has 1 atom stereocenters. The molecular formula is C83H158O5. The van der Waals surface area contributed by atoms with E-state index in [-0.39, 0.29) is 25.2 Å². The Kier molecular flexibility index (Phi) is 77.7. The fourth-order valence-electron chi connectivity index (χ4n) is 12.9. The van der Waals surface area contributed by atoms with Crippen LogP contribution in [0, 0.1) is 0 Å². The second kappa shape index (κ2) is 79.4. The normalized spacial score (nSPS) is 12.3. The highest BCUT2D eigenvalue weighted by atomic mass is 16.6. The van der Waals surface area contributed by atoms with Crippen LogP contribution in [0.2, 0.25) is 0 Å². The molecule has 88 heavy (non-hydrogen) atoms. The molecule has 0 saturated heterocycles. The number of carbonyl (C=O) groups is 2. The Balaban J connectivity index is 3.35. The largest absolute Gasteiger partial charge is 0.462 e. The highest BCUT2D eigenvalue weighted by molar-refractivity contribution is 5.70. The summed E-state index contributed by atoms with van der Waals surface area (Å²) in [7, 11) is 0. The third kappa shape index (κ3) is 76.6. The Labute approximate surface area is 552 Å². The highest BCUT2D eigenvalue weighted by Gasteiger charge is 2.16. The van der Waals surface area contributed by atoms with Crippen LogP contribution in [0.15, 0.2) is 36.5 Å². The van der Waals surface area contributed by atoms with Crippen LogP contribution in [-0.2, 0) is 19.1 Å². The fraction of sp³-hybridized carbons (Fsp3) is 0.904. The molecule has 0 aromatic rings. The summed E-state index contributed by atoms with van der Waals surface area (Å²) in [5.74, 6) is -0.560. The number of unbranched alkanes of at least 4 members (excludes halogenated alkanes) is 63. The summed E-state index contributed by atoms with van der Waals surface area (Å²) in [6, 6.07) is 0. The standard InChI is InChI=1S/C83H158O5/c1-3-5-7-9-11-13-15-17-19-21-23-25-27-29-31-33-35-37-38-39-40-41-42-43-44-46-48-50-52-54-56-58-60-62-64-66-68-70-72-74-76-78-83(86)88-81(79-84)80-87-82(85)77-75-73-71-69-67-65-63-61-59-57-55-53-51-49-47-45-36-34-32-30-28-26-24-22-20-18-16-14-12-10-8-6-4-2/h15,17,21,23,27,29,81,84H,3-14,16,18-20,22,24-26,28,30-80H2,1-2H3/b17-15-,23-21-,29-27-. The Morgan fingerprint density at radius 1 is 0.261 bits per heavy atom. The molecule has 0 saturated carbocycles. The van der Waals surface area contributed by atoms with Crippen molar-refractivity contribution in [3.8, 4) is 0 Å². The molecule has 5 heteroatoms. The fourth-order valence-corrected chi connectivity index (χ4v) is 12.9. The van der Waals surface area contributed by atoms with Crippen molar-refractivity contribution >= 4 is 11.9 Å². The topological polar surface area (TPSA) is 72.8 Å². The first kappa shape index (κ1) is 86.1. The predicted molar refractivity (Wildman–Crippen MR) is 390 cm³/mol. The Bertz CT molecular complexity index is 1400. The number of rotatable bonds is 77. The minimum absolute atomic E-state index is 0.0573. The summed E-state index contributed by atoms with van der Waals surface area (Å²) >= 11 is 0. The van der Waals surface area contributed by atoms with Gasteiger partial charge in [-0.3, -0.25) is 9.59 Å². The molecule has 520 valence electrons. The molecular weight excluding hydrogens is 1080 g/mol. The van der Waals surface area contributed by atoms with Crippen molar-refractivity contribution in [1.82, 2.24) is 0 Å². The van der Waals surface area contributed by atoms with Gasteiger partial charge in [-0.25, -0.2) is 0 Å². The highest BCUT2D eigenvalue weighted by Crippen LogP contribution is 2.20. The van der Waals surface area contributed by atoms with Crippen molar-refractivity contribution in [2.45, 2.75) is 469 Å². The molecule has 0 amide bonds. The van der Waals surface area contributed by atoms with E-state index in [9.17, 15) is 14.7 Å². The van der Waals surface area contributed by atoms with Crippen LogP contribution in [-0.4, -0.2) is 36.4 Å². The van der Waals surface area contributed by atoms with E-state index < -0.39 is 6.10 Å². The zero-order valence-corrected chi connectivity index (χ0v) is 60.0. The van der Waals surface area contributed by atoms with Gasteiger partial charge in [0.15, 0.2) is 6.10 Å². The average molecular weight is 1240 g/mol. The van der Waals surface area contributed by atoms with Crippen molar-refractivity contribution in [3.05, 3.63) is 36.5 Å². The lowest BCUT2D eigenvalue weighted by atomic mass is 10.0. The van der Waals surface area contributed by atoms with Crippen LogP contribution in [0.1, 0.15) is 463 Å². The first-order valence-corrected chi connectivity index (χ1v) is 40.5. The van der Waals surface area contributed by atoms with Crippen molar-refractivity contribution in [1.29, 1.82) is 0 Å². The summed E-state index contributed by atoms with van der Waals surface area (Å²) in [6.45, 7) is 4.21. The van der Waals surface area contributed by atoms with Crippen LogP contribution >= 0.6 is 0 Å². The molecule has 0 aliphatic heterocycles. The second-order valence-electron chi connectivity index (χ2n) is 27.9. The summed E-state index contributed by atoms with van der Waals surface area (Å²) in [5, 5.41) is 9.73. The first-order valence-electron chi connectivity index (χ1n) is 40.5. The van der Waals surface area contributed by atoms with E-state index >= 15 is 0 Å². The van der Waals surface area contributed by atoms with Crippen molar-refractivity contribution in [2.24, 2.45) is 0 Å². The van der Waals surface area contributed by atoms with Gasteiger partial charge in [-0.2, -0.15) is 0 Å². The minimum Gasteiger partial charge on any atom is -0.462 e. The molecule has 0 rings (SSSR count). The minimum atomic E-state index is -0.769. The molecule has 0 aliphatic rings. The van der Waals surface area contributed by atoms with Gasteiger partial charge >= 0.3 is 11.9 Å². The van der Waals surface area contributed by atoms with E-state index in [2.05, 4.69) is 50.3 Å². The quantitative estimate of drug-likeness (QED) is 0.0373. The van der Waals surface area contributed by atoms with Gasteiger partial charge in [0.1, 0.15) is 6.61 Å². The summed E-state index contributed by atoms with van der Waals surface area (Å²) < 4.78 is 10.8. The molecule has 5 nitrogen and oxygen atoms in total. The van der Waals surface area contributed by atoms with Gasteiger partial charge in [0.05, 0.1) is 6.61 Å². The number of hydrogen-bond donors (Lipinski definition) is 1. The van der Waals surface area contributed by atoms with Gasteiger partial charge in [-0.15, -0.1) is 0 Å². The summed E-state index contributed by atoms with van der Waals surface area (Å²) in [4.78, 5) is 24.7. The Hall–Kier alpha value is -1.88. The number of hydrogen-bond acceptors (Lipinski definition) is 5. The Morgan fingerprint density at radius 3 is 0.682 bits per heavy atom. The SMILES string of the molecule is CCCCCCC/C=C\C/C=C\C/C=C\CCCCCCCCCCCCCCCCCCCCCCCCCCCCC(=O)OC(CO)COC(=O)CCCCCCCCCCCCCCCCCCCCCCCCCCCCCCCCCCC. The van der Waals surface area contributed by atoms with Gasteiger partial charge < -0.3 is 14.6 Å². The zero-order chi connectivity index (χ0) is 63.3. The van der Waals surface area contributed by atoms with Gasteiger partial charge in [0.2, 0.25) is 0 Å². The van der Waals surface area contributed by atoms with E-state index in [1.807, 2.05) is 0 Å². The number of ether oxygens (including phenoxy) is 2. The molecule has 0 fully saturated rings. The third-order valence-corrected chi connectivity index (χ3v) is 18.9. The van der Waals surface area contributed by atoms with Crippen molar-refractivity contribution in [3.63, 3.8) is 0 Å². The second-order valence-corrected chi connectivity index (χ2v) is 27.9. The van der Waals surface area contributed by atoms with Crippen LogP contribution in [0.25, 0.3) is 0 Å². The van der Waals surface area contributed by atoms with E-state index in [1.54, 1.807) is 0 Å². The van der Waals surface area contributed by atoms with E-state index in [4.69, 9.17) is 9.47 Å². The van der Waals surface area contributed by atoms with E-state index in [0.29, 0.717) is 12.8 Å². The van der Waals surface area contributed by atoms with Crippen LogP contribution < -0.4 is 0 Å². The molecule has 0 aromatic carbocycles. The van der Waals surface area contributed by atoms with Crippen LogP contribution in [0.5, 0.6) is 0 Å². The van der Waals surface area contributed by atoms with Gasteiger partial charge in [0, 0.05) is 12.8 Å². The number of esters is 2. The van der Waals surface area contributed by atoms with Crippen LogP contribution in [0.4, 0.5) is 0 Å². The molecule has 0 spiro atoms. The lowest BCUT2D eigenvalue weighted by Gasteiger charge is -2.15. The average Bonchev–Trinajstić information content (AvgIpc) is 3.56. The maximum Gasteiger partial charge on any atom is 0.306 e. The molecule has 0 aliphatic carbocycles. The lowest BCUT2D eigenvalue weighted by molar-refractivity contribution is -0.161. The molecule has 0 radical (unpaired) electrons. The molecule has 1 unspecified atom stereocenters. The number of allylic oxidation sites excluding steroid dienone is 6. The van der Waals surface area contributed by atoms with Crippen molar-refractivity contribution in [2.75, 3.05) is 13.2 Å². The number of carbonyl (C=O) groups excluding carboxylic acids is 2. The maximum atomic E-state index is 12.4.